The largest absolute Gasteiger partial charge is 0.478 e. The molecule has 0 unspecified atom stereocenters. The van der Waals surface area contributed by atoms with Gasteiger partial charge in [0.1, 0.15) is 0 Å². The third kappa shape index (κ3) is 2.06. The number of carboxylic acid groups (broad SMARTS) is 1. The number of rotatable bonds is 2. The molecular formula is C16H11NO2. The molecule has 3 aromatic rings. The van der Waals surface area contributed by atoms with Gasteiger partial charge < -0.3 is 5.11 Å². The first-order valence-corrected chi connectivity index (χ1v) is 5.93. The topological polar surface area (TPSA) is 50.2 Å². The molecule has 0 bridgehead atoms. The zero-order chi connectivity index (χ0) is 13.2. The number of pyridine rings is 1. The molecule has 2 aromatic carbocycles. The van der Waals surface area contributed by atoms with Gasteiger partial charge in [-0.1, -0.05) is 36.4 Å². The van der Waals surface area contributed by atoms with E-state index in [-0.39, 0.29) is 5.56 Å². The van der Waals surface area contributed by atoms with E-state index in [9.17, 15) is 9.90 Å². The Morgan fingerprint density at radius 2 is 1.74 bits per heavy atom. The van der Waals surface area contributed by atoms with Crippen LogP contribution in [0.1, 0.15) is 10.4 Å². The molecular weight excluding hydrogens is 238 g/mol. The number of aromatic nitrogens is 1. The van der Waals surface area contributed by atoms with Crippen molar-refractivity contribution in [3.05, 3.63) is 66.4 Å². The van der Waals surface area contributed by atoms with Gasteiger partial charge in [-0.2, -0.15) is 0 Å². The molecule has 0 radical (unpaired) electrons. The number of fused-ring (bicyclic) bond motifs is 1. The highest BCUT2D eigenvalue weighted by atomic mass is 16.4. The van der Waals surface area contributed by atoms with E-state index in [0.29, 0.717) is 10.9 Å². The summed E-state index contributed by atoms with van der Waals surface area (Å²) in [6.07, 6.45) is 1.52. The van der Waals surface area contributed by atoms with Gasteiger partial charge in [0, 0.05) is 11.6 Å². The Hall–Kier alpha value is -2.68. The van der Waals surface area contributed by atoms with Gasteiger partial charge in [-0.3, -0.25) is 4.98 Å². The fourth-order valence-electron chi connectivity index (χ4n) is 2.14. The Bertz CT molecular complexity index is 751. The first-order chi connectivity index (χ1) is 9.25. The molecule has 92 valence electrons. The van der Waals surface area contributed by atoms with Crippen molar-refractivity contribution >= 4 is 16.9 Å². The summed E-state index contributed by atoms with van der Waals surface area (Å²) in [5.41, 5.74) is 3.02. The van der Waals surface area contributed by atoms with Gasteiger partial charge >= 0.3 is 5.97 Å². The molecule has 0 amide bonds. The van der Waals surface area contributed by atoms with E-state index in [1.807, 2.05) is 48.5 Å². The number of hydrogen-bond acceptors (Lipinski definition) is 2. The third-order valence-electron chi connectivity index (χ3n) is 3.08. The summed E-state index contributed by atoms with van der Waals surface area (Å²) >= 11 is 0. The van der Waals surface area contributed by atoms with Crippen molar-refractivity contribution in [3.63, 3.8) is 0 Å². The van der Waals surface area contributed by atoms with Crippen molar-refractivity contribution in [2.45, 2.75) is 0 Å². The van der Waals surface area contributed by atoms with Crippen molar-refractivity contribution < 1.29 is 9.90 Å². The second kappa shape index (κ2) is 4.53. The molecule has 0 atom stereocenters. The van der Waals surface area contributed by atoms with E-state index in [2.05, 4.69) is 4.98 Å². The standard InChI is InChI=1S/C16H11NO2/c18-16(19)13-8-9-17-15-7-6-12(10-14(13)15)11-4-2-1-3-5-11/h1-10H,(H,18,19). The minimum atomic E-state index is -0.933. The number of nitrogens with zero attached hydrogens (tertiary/aromatic N) is 1. The van der Waals surface area contributed by atoms with E-state index in [1.54, 1.807) is 0 Å². The summed E-state index contributed by atoms with van der Waals surface area (Å²) in [6.45, 7) is 0. The van der Waals surface area contributed by atoms with Crippen LogP contribution in [0.15, 0.2) is 60.8 Å². The highest BCUT2D eigenvalue weighted by Gasteiger charge is 2.09. The van der Waals surface area contributed by atoms with Gasteiger partial charge in [0.25, 0.3) is 0 Å². The zero-order valence-electron chi connectivity index (χ0n) is 10.1. The van der Waals surface area contributed by atoms with Gasteiger partial charge in [-0.15, -0.1) is 0 Å². The van der Waals surface area contributed by atoms with Crippen LogP contribution in [0, 0.1) is 0 Å². The Morgan fingerprint density at radius 3 is 2.47 bits per heavy atom. The van der Waals surface area contributed by atoms with Crippen LogP contribution in [-0.2, 0) is 0 Å². The van der Waals surface area contributed by atoms with Crippen LogP contribution in [0.4, 0.5) is 0 Å². The normalized spacial score (nSPS) is 10.5. The maximum absolute atomic E-state index is 11.2. The van der Waals surface area contributed by atoms with Gasteiger partial charge in [-0.05, 0) is 29.3 Å². The number of hydrogen-bond donors (Lipinski definition) is 1. The fourth-order valence-corrected chi connectivity index (χ4v) is 2.14. The molecule has 0 aliphatic carbocycles. The van der Waals surface area contributed by atoms with Crippen molar-refractivity contribution in [1.82, 2.24) is 4.98 Å². The SMILES string of the molecule is O=C(O)c1ccnc2ccc(-c3ccccc3)cc12. The smallest absolute Gasteiger partial charge is 0.336 e. The summed E-state index contributed by atoms with van der Waals surface area (Å²) in [4.78, 5) is 15.4. The molecule has 0 aliphatic rings. The molecule has 1 N–H and O–H groups in total. The molecule has 0 spiro atoms. The van der Waals surface area contributed by atoms with Gasteiger partial charge in [0.2, 0.25) is 0 Å². The third-order valence-corrected chi connectivity index (χ3v) is 3.08. The molecule has 0 saturated carbocycles. The summed E-state index contributed by atoms with van der Waals surface area (Å²) in [5, 5.41) is 9.88. The lowest BCUT2D eigenvalue weighted by Crippen LogP contribution is -1.98. The first-order valence-electron chi connectivity index (χ1n) is 5.93. The number of aromatic carboxylic acids is 1. The summed E-state index contributed by atoms with van der Waals surface area (Å²) in [7, 11) is 0. The lowest BCUT2D eigenvalue weighted by atomic mass is 10.0. The Balaban J connectivity index is 2.25. The Morgan fingerprint density at radius 1 is 0.947 bits per heavy atom. The van der Waals surface area contributed by atoms with E-state index < -0.39 is 5.97 Å². The lowest BCUT2D eigenvalue weighted by Gasteiger charge is -2.05. The number of carbonyl (C=O) groups is 1. The van der Waals surface area contributed by atoms with Crippen LogP contribution in [0.3, 0.4) is 0 Å². The molecule has 0 saturated heterocycles. The van der Waals surface area contributed by atoms with Crippen LogP contribution in [0.2, 0.25) is 0 Å². The molecule has 3 nitrogen and oxygen atoms in total. The average molecular weight is 249 g/mol. The maximum atomic E-state index is 11.2. The van der Waals surface area contributed by atoms with E-state index >= 15 is 0 Å². The van der Waals surface area contributed by atoms with Crippen molar-refractivity contribution in [1.29, 1.82) is 0 Å². The molecule has 3 rings (SSSR count). The summed E-state index contributed by atoms with van der Waals surface area (Å²) < 4.78 is 0. The fraction of sp³-hybridized carbons (Fsp3) is 0. The van der Waals surface area contributed by atoms with Gasteiger partial charge in [0.15, 0.2) is 0 Å². The highest BCUT2D eigenvalue weighted by molar-refractivity contribution is 6.03. The predicted molar refractivity (Wildman–Crippen MR) is 74.1 cm³/mol. The zero-order valence-corrected chi connectivity index (χ0v) is 10.1. The molecule has 3 heteroatoms. The van der Waals surface area contributed by atoms with Crippen LogP contribution in [-0.4, -0.2) is 16.1 Å². The number of benzene rings is 2. The Kier molecular flexibility index (Phi) is 2.72. The van der Waals surface area contributed by atoms with Crippen molar-refractivity contribution in [2.75, 3.05) is 0 Å². The van der Waals surface area contributed by atoms with Crippen LogP contribution in [0.5, 0.6) is 0 Å². The first kappa shape index (κ1) is 11.4. The van der Waals surface area contributed by atoms with Crippen molar-refractivity contribution in [2.24, 2.45) is 0 Å². The quantitative estimate of drug-likeness (QED) is 0.754. The lowest BCUT2D eigenvalue weighted by molar-refractivity contribution is 0.0699. The molecule has 1 aromatic heterocycles. The summed E-state index contributed by atoms with van der Waals surface area (Å²) in [6, 6.07) is 17.1. The number of carboxylic acids is 1. The Labute approximate surface area is 110 Å². The van der Waals surface area contributed by atoms with Gasteiger partial charge in [0.05, 0.1) is 11.1 Å². The molecule has 0 fully saturated rings. The average Bonchev–Trinajstić information content (AvgIpc) is 2.47. The van der Waals surface area contributed by atoms with E-state index in [1.165, 1.54) is 12.3 Å². The molecule has 1 heterocycles. The van der Waals surface area contributed by atoms with E-state index in [0.717, 1.165) is 11.1 Å². The van der Waals surface area contributed by atoms with Crippen LogP contribution < -0.4 is 0 Å². The van der Waals surface area contributed by atoms with Crippen LogP contribution >= 0.6 is 0 Å². The summed E-state index contributed by atoms with van der Waals surface area (Å²) in [5.74, 6) is -0.933. The minimum absolute atomic E-state index is 0.280. The maximum Gasteiger partial charge on any atom is 0.336 e. The highest BCUT2D eigenvalue weighted by Crippen LogP contribution is 2.25. The van der Waals surface area contributed by atoms with Crippen LogP contribution in [0.25, 0.3) is 22.0 Å². The second-order valence-electron chi connectivity index (χ2n) is 4.26. The predicted octanol–water partition coefficient (Wildman–Crippen LogP) is 3.60. The molecule has 19 heavy (non-hydrogen) atoms. The monoisotopic (exact) mass is 249 g/mol. The van der Waals surface area contributed by atoms with Crippen molar-refractivity contribution in [3.8, 4) is 11.1 Å². The van der Waals surface area contributed by atoms with E-state index in [4.69, 9.17) is 0 Å². The molecule has 0 aliphatic heterocycles. The minimum Gasteiger partial charge on any atom is -0.478 e. The second-order valence-corrected chi connectivity index (χ2v) is 4.26. The van der Waals surface area contributed by atoms with Gasteiger partial charge in [-0.25, -0.2) is 4.79 Å².